The summed E-state index contributed by atoms with van der Waals surface area (Å²) in [6.45, 7) is 0.928. The maximum Gasteiger partial charge on any atom is 0.251 e. The van der Waals surface area contributed by atoms with Gasteiger partial charge in [-0.25, -0.2) is 8.42 Å². The van der Waals surface area contributed by atoms with Crippen molar-refractivity contribution in [3.63, 3.8) is 0 Å². The van der Waals surface area contributed by atoms with Crippen LogP contribution in [0.15, 0.2) is 27.9 Å². The van der Waals surface area contributed by atoms with Crippen LogP contribution in [0.2, 0.25) is 0 Å². The van der Waals surface area contributed by atoms with E-state index in [4.69, 9.17) is 0 Å². The maximum absolute atomic E-state index is 11.6. The highest BCUT2D eigenvalue weighted by Crippen LogP contribution is 2.41. The molecule has 1 aliphatic heterocycles. The van der Waals surface area contributed by atoms with Crippen LogP contribution in [0.3, 0.4) is 0 Å². The van der Waals surface area contributed by atoms with E-state index in [0.717, 1.165) is 43.3 Å². The zero-order chi connectivity index (χ0) is 17.2. The van der Waals surface area contributed by atoms with Crippen molar-refractivity contribution in [3.05, 3.63) is 27.9 Å². The summed E-state index contributed by atoms with van der Waals surface area (Å²) in [5, 5.41) is 16.1. The van der Waals surface area contributed by atoms with Crippen LogP contribution in [0.4, 0.5) is 22.2 Å². The predicted octanol–water partition coefficient (Wildman–Crippen LogP) is 3.69. The number of rotatable bonds is 4. The van der Waals surface area contributed by atoms with E-state index in [-0.39, 0.29) is 0 Å². The number of fused-ring (bicyclic) bond motifs is 1. The number of aryl methyl sites for hydroxylation is 1. The van der Waals surface area contributed by atoms with Crippen LogP contribution in [-0.4, -0.2) is 38.5 Å². The Hall–Kier alpha value is -2.07. The van der Waals surface area contributed by atoms with Crippen molar-refractivity contribution in [2.45, 2.75) is 19.3 Å². The van der Waals surface area contributed by atoms with Crippen LogP contribution in [-0.2, 0) is 16.4 Å². The molecular weight excluding hydrogens is 348 g/mol. The van der Waals surface area contributed by atoms with Gasteiger partial charge >= 0.3 is 0 Å². The highest BCUT2D eigenvalue weighted by atomic mass is 32.2. The topological polar surface area (TPSA) is 102 Å². The molecule has 0 spiro atoms. The molecule has 0 fully saturated rings. The van der Waals surface area contributed by atoms with E-state index in [9.17, 15) is 8.42 Å². The van der Waals surface area contributed by atoms with Crippen LogP contribution in [0.1, 0.15) is 18.4 Å². The van der Waals surface area contributed by atoms with Crippen molar-refractivity contribution in [2.75, 3.05) is 24.7 Å². The molecule has 10 heteroatoms. The summed E-state index contributed by atoms with van der Waals surface area (Å²) >= 11 is 1.25. The smallest absolute Gasteiger partial charge is 0.251 e. The maximum atomic E-state index is 11.6. The molecule has 0 amide bonds. The molecule has 8 nitrogen and oxygen atoms in total. The first-order valence-electron chi connectivity index (χ1n) is 7.41. The number of azo groups is 1. The molecule has 0 atom stereocenters. The second-order valence-corrected chi connectivity index (χ2v) is 8.05. The summed E-state index contributed by atoms with van der Waals surface area (Å²) in [7, 11) is -1.55. The van der Waals surface area contributed by atoms with Gasteiger partial charge in [-0.1, -0.05) is 23.1 Å². The number of sulfonamides is 1. The Kier molecular flexibility index (Phi) is 4.76. The summed E-state index contributed by atoms with van der Waals surface area (Å²) in [5.41, 5.74) is 4.38. The first-order chi connectivity index (χ1) is 11.4. The Balaban J connectivity index is 2.05. The molecule has 2 heterocycles. The van der Waals surface area contributed by atoms with E-state index in [1.54, 1.807) is 11.6 Å². The average Bonchev–Trinajstić information content (AvgIpc) is 2.96. The molecule has 1 aliphatic rings. The summed E-state index contributed by atoms with van der Waals surface area (Å²) < 4.78 is 27.1. The molecule has 1 aromatic carbocycles. The monoisotopic (exact) mass is 365 g/mol. The Labute approximate surface area is 144 Å². The third kappa shape index (κ3) is 4.06. The molecule has 0 N–H and O–H groups in total. The number of aromatic nitrogens is 2. The van der Waals surface area contributed by atoms with Gasteiger partial charge in [0.15, 0.2) is 0 Å². The standard InChI is InChI=1S/C14H17N6O2S2/c1-20-6-4-3-5-10-7-11(16-18-14-17-15-9-23-14)12(8-13(10)20)19-24(2,21)22/h7-9H,3-6H2,1-2H3/q-1. The second-order valence-electron chi connectivity index (χ2n) is 5.59. The van der Waals surface area contributed by atoms with Crippen molar-refractivity contribution >= 4 is 43.6 Å². The molecule has 0 radical (unpaired) electrons. The minimum atomic E-state index is -3.55. The van der Waals surface area contributed by atoms with Gasteiger partial charge in [0.25, 0.3) is 5.13 Å². The lowest BCUT2D eigenvalue weighted by Gasteiger charge is -2.26. The van der Waals surface area contributed by atoms with Crippen LogP contribution in [0.25, 0.3) is 4.72 Å². The molecule has 3 rings (SSSR count). The average molecular weight is 365 g/mol. The molecule has 0 saturated heterocycles. The highest BCUT2D eigenvalue weighted by molar-refractivity contribution is 7.93. The first-order valence-corrected chi connectivity index (χ1v) is 10.1. The molecule has 0 bridgehead atoms. The Morgan fingerprint density at radius 3 is 2.83 bits per heavy atom. The van der Waals surface area contributed by atoms with E-state index in [0.29, 0.717) is 16.5 Å². The number of benzene rings is 1. The Bertz CT molecular complexity index is 848. The van der Waals surface area contributed by atoms with Gasteiger partial charge in [0.05, 0.1) is 15.7 Å². The van der Waals surface area contributed by atoms with Gasteiger partial charge in [0.2, 0.25) is 0 Å². The second kappa shape index (κ2) is 6.81. The quantitative estimate of drug-likeness (QED) is 0.769. The van der Waals surface area contributed by atoms with Crippen LogP contribution < -0.4 is 4.90 Å². The molecular formula is C14H17N6O2S2-. The minimum Gasteiger partial charge on any atom is -0.575 e. The van der Waals surface area contributed by atoms with Crippen molar-refractivity contribution < 1.29 is 8.42 Å². The van der Waals surface area contributed by atoms with Crippen LogP contribution in [0, 0.1) is 0 Å². The normalized spacial score (nSPS) is 15.3. The molecule has 2 aromatic rings. The van der Waals surface area contributed by atoms with Gasteiger partial charge in [-0.05, 0) is 30.9 Å². The number of hydrogen-bond donors (Lipinski definition) is 0. The Morgan fingerprint density at radius 1 is 1.29 bits per heavy atom. The van der Waals surface area contributed by atoms with E-state index in [1.165, 1.54) is 11.3 Å². The lowest BCUT2D eigenvalue weighted by atomic mass is 10.1. The largest absolute Gasteiger partial charge is 0.575 e. The van der Waals surface area contributed by atoms with Crippen LogP contribution in [0.5, 0.6) is 0 Å². The fourth-order valence-electron chi connectivity index (χ4n) is 2.59. The molecule has 0 unspecified atom stereocenters. The van der Waals surface area contributed by atoms with Gasteiger partial charge in [0.1, 0.15) is 5.51 Å². The molecule has 128 valence electrons. The molecule has 0 aliphatic carbocycles. The van der Waals surface area contributed by atoms with Gasteiger partial charge in [-0.15, -0.1) is 20.4 Å². The van der Waals surface area contributed by atoms with Crippen molar-refractivity contribution in [1.29, 1.82) is 0 Å². The summed E-state index contributed by atoms with van der Waals surface area (Å²) in [5.74, 6) is 0. The summed E-state index contributed by atoms with van der Waals surface area (Å²) in [6.07, 6.45) is 4.15. The molecule has 24 heavy (non-hydrogen) atoms. The number of hydrogen-bond acceptors (Lipinski definition) is 8. The fourth-order valence-corrected chi connectivity index (χ4v) is 3.46. The van der Waals surface area contributed by atoms with Crippen molar-refractivity contribution in [2.24, 2.45) is 10.2 Å². The van der Waals surface area contributed by atoms with Crippen LogP contribution >= 0.6 is 11.3 Å². The lowest BCUT2D eigenvalue weighted by molar-refractivity contribution is 0.609. The SMILES string of the molecule is CN1CCCCc2cc(N=Nc3nncs3)c([N-]S(C)(=O)=O)cc21. The zero-order valence-corrected chi connectivity index (χ0v) is 15.0. The van der Waals surface area contributed by atoms with E-state index >= 15 is 0 Å². The van der Waals surface area contributed by atoms with E-state index in [1.807, 2.05) is 13.1 Å². The van der Waals surface area contributed by atoms with Gasteiger partial charge < -0.3 is 9.62 Å². The van der Waals surface area contributed by atoms with E-state index < -0.39 is 10.0 Å². The molecule has 0 saturated carbocycles. The Morgan fingerprint density at radius 2 is 2.12 bits per heavy atom. The van der Waals surface area contributed by atoms with Crippen molar-refractivity contribution in [1.82, 2.24) is 10.2 Å². The van der Waals surface area contributed by atoms with Gasteiger partial charge in [0, 0.05) is 25.5 Å². The molecule has 1 aromatic heterocycles. The van der Waals surface area contributed by atoms with Crippen molar-refractivity contribution in [3.8, 4) is 0 Å². The third-order valence-corrected chi connectivity index (χ3v) is 4.73. The fraction of sp³-hybridized carbons (Fsp3) is 0.429. The minimum absolute atomic E-state index is 0.290. The van der Waals surface area contributed by atoms with Gasteiger partial charge in [-0.2, -0.15) is 0 Å². The van der Waals surface area contributed by atoms with E-state index in [2.05, 4.69) is 30.0 Å². The number of nitrogens with zero attached hydrogens (tertiary/aromatic N) is 6. The lowest BCUT2D eigenvalue weighted by Crippen LogP contribution is -2.17. The first kappa shape index (κ1) is 16.8. The predicted molar refractivity (Wildman–Crippen MR) is 94.6 cm³/mol. The zero-order valence-electron chi connectivity index (χ0n) is 13.4. The summed E-state index contributed by atoms with van der Waals surface area (Å²) in [4.78, 5) is 2.12. The van der Waals surface area contributed by atoms with Gasteiger partial charge in [-0.3, -0.25) is 0 Å². The number of anilines is 1. The summed E-state index contributed by atoms with van der Waals surface area (Å²) in [6, 6.07) is 3.64. The third-order valence-electron chi connectivity index (χ3n) is 3.63. The highest BCUT2D eigenvalue weighted by Gasteiger charge is 2.14.